The lowest BCUT2D eigenvalue weighted by Crippen LogP contribution is -2.25. The molecule has 2 aliphatic rings. The third-order valence-corrected chi connectivity index (χ3v) is 10.6. The van der Waals surface area contributed by atoms with Crippen molar-refractivity contribution in [3.63, 3.8) is 0 Å². The molecule has 3 nitrogen and oxygen atoms in total. The predicted octanol–water partition coefficient (Wildman–Crippen LogP) is 10.7. The van der Waals surface area contributed by atoms with Gasteiger partial charge >= 0.3 is 0 Å². The number of pyridine rings is 2. The van der Waals surface area contributed by atoms with Crippen molar-refractivity contribution in [3.05, 3.63) is 186 Å². The van der Waals surface area contributed by atoms with Gasteiger partial charge in [-0.25, -0.2) is 9.97 Å². The minimum atomic E-state index is -0.366. The van der Waals surface area contributed by atoms with E-state index in [1.807, 2.05) is 6.07 Å². The molecule has 11 rings (SSSR count). The summed E-state index contributed by atoms with van der Waals surface area (Å²) < 4.78 is 2.17. The summed E-state index contributed by atoms with van der Waals surface area (Å²) in [5, 5.41) is 1.07. The normalized spacial score (nSPS) is 13.6. The molecule has 0 amide bonds. The van der Waals surface area contributed by atoms with Crippen molar-refractivity contribution in [3.8, 4) is 44.6 Å². The van der Waals surface area contributed by atoms with Crippen LogP contribution < -0.4 is 0 Å². The van der Waals surface area contributed by atoms with Gasteiger partial charge in [0.1, 0.15) is 11.2 Å². The average molecular weight is 610 g/mol. The van der Waals surface area contributed by atoms with Crippen molar-refractivity contribution in [1.29, 1.82) is 0 Å². The van der Waals surface area contributed by atoms with E-state index in [1.54, 1.807) is 0 Å². The van der Waals surface area contributed by atoms with Crippen LogP contribution in [0.5, 0.6) is 0 Å². The Morgan fingerprint density at radius 3 is 1.79 bits per heavy atom. The summed E-state index contributed by atoms with van der Waals surface area (Å²) in [5.74, 6) is 0. The Hall–Kier alpha value is -6.32. The van der Waals surface area contributed by atoms with Crippen LogP contribution in [0.3, 0.4) is 0 Å². The van der Waals surface area contributed by atoms with Gasteiger partial charge in [-0.15, -0.1) is 0 Å². The second kappa shape index (κ2) is 9.37. The largest absolute Gasteiger partial charge is 0.298 e. The van der Waals surface area contributed by atoms with Gasteiger partial charge in [0.05, 0.1) is 22.1 Å². The first-order valence-electron chi connectivity index (χ1n) is 16.5. The zero-order valence-corrected chi connectivity index (χ0v) is 25.9. The maximum Gasteiger partial charge on any atom is 0.137 e. The number of para-hydroxylation sites is 1. The summed E-state index contributed by atoms with van der Waals surface area (Å²) in [7, 11) is 0. The SMILES string of the molecule is c1cc(-c2ccc3c(c2)C2(c4ccccc4-c4ccccc42)c2ccccc2-3)cc(-c2nc3ccccc3c3nc4ccccn4c23)c1. The lowest BCUT2D eigenvalue weighted by atomic mass is 9.70. The first-order valence-corrected chi connectivity index (χ1v) is 16.5. The van der Waals surface area contributed by atoms with E-state index in [0.717, 1.165) is 44.4 Å². The molecule has 0 fully saturated rings. The van der Waals surface area contributed by atoms with E-state index >= 15 is 0 Å². The molecule has 0 unspecified atom stereocenters. The van der Waals surface area contributed by atoms with Gasteiger partial charge < -0.3 is 0 Å². The lowest BCUT2D eigenvalue weighted by molar-refractivity contribution is 0.794. The van der Waals surface area contributed by atoms with E-state index in [9.17, 15) is 0 Å². The number of rotatable bonds is 2. The lowest BCUT2D eigenvalue weighted by Gasteiger charge is -2.30. The molecule has 1 spiro atoms. The first-order chi connectivity index (χ1) is 23.8. The third kappa shape index (κ3) is 3.22. The van der Waals surface area contributed by atoms with E-state index in [-0.39, 0.29) is 5.41 Å². The molecule has 6 aromatic carbocycles. The molecule has 3 heteroatoms. The van der Waals surface area contributed by atoms with Gasteiger partial charge in [0.15, 0.2) is 0 Å². The first kappa shape index (κ1) is 25.8. The second-order valence-electron chi connectivity index (χ2n) is 12.9. The number of hydrogen-bond donors (Lipinski definition) is 0. The fourth-order valence-electron chi connectivity index (χ4n) is 8.68. The summed E-state index contributed by atoms with van der Waals surface area (Å²) in [6, 6.07) is 57.4. The summed E-state index contributed by atoms with van der Waals surface area (Å²) >= 11 is 0. The molecule has 0 aliphatic heterocycles. The number of hydrogen-bond acceptors (Lipinski definition) is 2. The molecule has 3 aromatic heterocycles. The zero-order chi connectivity index (χ0) is 31.4. The maximum absolute atomic E-state index is 5.26. The minimum absolute atomic E-state index is 0.366. The van der Waals surface area contributed by atoms with E-state index in [2.05, 4.69) is 162 Å². The number of aromatic nitrogens is 3. The fraction of sp³-hybridized carbons (Fsp3) is 0.0222. The Kier molecular flexibility index (Phi) is 5.04. The molecular formula is C45H27N3. The van der Waals surface area contributed by atoms with E-state index in [1.165, 1.54) is 50.1 Å². The highest BCUT2D eigenvalue weighted by atomic mass is 15.0. The van der Waals surface area contributed by atoms with Crippen LogP contribution in [-0.2, 0) is 5.41 Å². The molecule has 0 saturated heterocycles. The minimum Gasteiger partial charge on any atom is -0.298 e. The monoisotopic (exact) mass is 609 g/mol. The highest BCUT2D eigenvalue weighted by molar-refractivity contribution is 6.09. The van der Waals surface area contributed by atoms with E-state index in [4.69, 9.17) is 9.97 Å². The van der Waals surface area contributed by atoms with Crippen LogP contribution in [0.2, 0.25) is 0 Å². The van der Waals surface area contributed by atoms with E-state index < -0.39 is 0 Å². The fourth-order valence-corrected chi connectivity index (χ4v) is 8.68. The number of imidazole rings is 1. The van der Waals surface area contributed by atoms with Gasteiger partial charge in [0.2, 0.25) is 0 Å². The van der Waals surface area contributed by atoms with Crippen LogP contribution in [0.4, 0.5) is 0 Å². The summed E-state index contributed by atoms with van der Waals surface area (Å²) in [5.41, 5.74) is 18.6. The summed E-state index contributed by atoms with van der Waals surface area (Å²) in [6.45, 7) is 0. The molecule has 0 radical (unpaired) electrons. The van der Waals surface area contributed by atoms with Gasteiger partial charge in [-0.2, -0.15) is 0 Å². The van der Waals surface area contributed by atoms with Crippen LogP contribution in [-0.4, -0.2) is 14.4 Å². The van der Waals surface area contributed by atoms with Crippen molar-refractivity contribution in [2.45, 2.75) is 5.41 Å². The van der Waals surface area contributed by atoms with Gasteiger partial charge in [0.25, 0.3) is 0 Å². The van der Waals surface area contributed by atoms with Crippen molar-refractivity contribution < 1.29 is 0 Å². The number of nitrogens with zero attached hydrogens (tertiary/aromatic N) is 3. The van der Waals surface area contributed by atoms with Crippen molar-refractivity contribution >= 4 is 27.6 Å². The molecular weight excluding hydrogens is 583 g/mol. The van der Waals surface area contributed by atoms with Crippen molar-refractivity contribution in [2.75, 3.05) is 0 Å². The number of benzene rings is 6. The molecule has 222 valence electrons. The Morgan fingerprint density at radius 1 is 0.438 bits per heavy atom. The van der Waals surface area contributed by atoms with Crippen molar-refractivity contribution in [2.24, 2.45) is 0 Å². The standard InChI is InChI=1S/C45H27N3/c1-5-18-36-31(14-1)32-15-2-6-19-37(32)45(36)38-20-7-3-16-33(38)34-24-23-29(27-39(34)45)28-12-11-13-30(26-28)42-44-43(35-17-4-8-21-40(35)46-42)47-41-22-9-10-25-48(41)44/h1-27H. The number of fused-ring (bicyclic) bond motifs is 15. The van der Waals surface area contributed by atoms with Gasteiger partial charge in [-0.05, 0) is 86.0 Å². The second-order valence-corrected chi connectivity index (χ2v) is 12.9. The van der Waals surface area contributed by atoms with Crippen LogP contribution in [0.25, 0.3) is 72.2 Å². The highest BCUT2D eigenvalue weighted by Crippen LogP contribution is 2.63. The zero-order valence-electron chi connectivity index (χ0n) is 25.9. The Bertz CT molecular complexity index is 2740. The quantitative estimate of drug-likeness (QED) is 0.195. The summed E-state index contributed by atoms with van der Waals surface area (Å²) in [6.07, 6.45) is 2.09. The van der Waals surface area contributed by atoms with Crippen LogP contribution in [0, 0.1) is 0 Å². The molecule has 0 saturated carbocycles. The van der Waals surface area contributed by atoms with Gasteiger partial charge in [-0.3, -0.25) is 4.40 Å². The van der Waals surface area contributed by atoms with Gasteiger partial charge in [-0.1, -0.05) is 127 Å². The molecule has 0 atom stereocenters. The van der Waals surface area contributed by atoms with Crippen LogP contribution >= 0.6 is 0 Å². The van der Waals surface area contributed by atoms with Crippen molar-refractivity contribution in [1.82, 2.24) is 14.4 Å². The molecule has 0 bridgehead atoms. The molecule has 48 heavy (non-hydrogen) atoms. The highest BCUT2D eigenvalue weighted by Gasteiger charge is 2.51. The third-order valence-electron chi connectivity index (χ3n) is 10.6. The molecule has 0 N–H and O–H groups in total. The Labute approximate surface area is 277 Å². The predicted molar refractivity (Wildman–Crippen MR) is 195 cm³/mol. The van der Waals surface area contributed by atoms with Crippen LogP contribution in [0.1, 0.15) is 22.3 Å². The van der Waals surface area contributed by atoms with E-state index in [0.29, 0.717) is 0 Å². The molecule has 2 aliphatic carbocycles. The molecule has 9 aromatic rings. The molecule has 3 heterocycles. The Morgan fingerprint density at radius 2 is 1.04 bits per heavy atom. The maximum atomic E-state index is 5.26. The summed E-state index contributed by atoms with van der Waals surface area (Å²) in [4.78, 5) is 10.3. The average Bonchev–Trinajstić information content (AvgIpc) is 3.79. The van der Waals surface area contributed by atoms with Gasteiger partial charge in [0, 0.05) is 17.1 Å². The topological polar surface area (TPSA) is 30.2 Å². The Balaban J connectivity index is 1.15. The van der Waals surface area contributed by atoms with Crippen LogP contribution in [0.15, 0.2) is 164 Å². The smallest absolute Gasteiger partial charge is 0.137 e.